The molecule has 0 saturated heterocycles. The summed E-state index contributed by atoms with van der Waals surface area (Å²) >= 11 is 4.76. The van der Waals surface area contributed by atoms with Crippen molar-refractivity contribution in [2.24, 2.45) is 0 Å². The van der Waals surface area contributed by atoms with Gasteiger partial charge in [0.2, 0.25) is 5.91 Å². The molecule has 7 heteroatoms. The first kappa shape index (κ1) is 14.9. The van der Waals surface area contributed by atoms with Gasteiger partial charge in [0.05, 0.1) is 10.3 Å². The molecule has 0 bridgehead atoms. The number of aliphatic hydroxyl groups is 1. The standard InChI is InChI=1S/C11H12BrNO4S/c1-11(17,10(15)16)6-13-9(14)5-3-7-2-4-8(12)18-7/h2-5,17H,6H2,1H3,(H,13,14)(H,15,16). The van der Waals surface area contributed by atoms with Crippen LogP contribution in [0, 0.1) is 0 Å². The van der Waals surface area contributed by atoms with E-state index < -0.39 is 17.5 Å². The Hall–Kier alpha value is -1.18. The van der Waals surface area contributed by atoms with Crippen LogP contribution < -0.4 is 5.32 Å². The molecule has 0 aromatic carbocycles. The minimum atomic E-state index is -1.96. The van der Waals surface area contributed by atoms with Crippen molar-refractivity contribution < 1.29 is 19.8 Å². The molecule has 5 nitrogen and oxygen atoms in total. The van der Waals surface area contributed by atoms with Crippen LogP contribution in [0.4, 0.5) is 0 Å². The lowest BCUT2D eigenvalue weighted by Crippen LogP contribution is -2.46. The van der Waals surface area contributed by atoms with Crippen LogP contribution in [0.2, 0.25) is 0 Å². The molecule has 0 spiro atoms. The Balaban J connectivity index is 2.48. The number of thiophene rings is 1. The van der Waals surface area contributed by atoms with E-state index in [0.717, 1.165) is 15.6 Å². The van der Waals surface area contributed by atoms with Crippen LogP contribution in [0.3, 0.4) is 0 Å². The highest BCUT2D eigenvalue weighted by Crippen LogP contribution is 2.22. The Labute approximate surface area is 116 Å². The van der Waals surface area contributed by atoms with Gasteiger partial charge >= 0.3 is 5.97 Å². The topological polar surface area (TPSA) is 86.6 Å². The smallest absolute Gasteiger partial charge is 0.337 e. The van der Waals surface area contributed by atoms with Crippen LogP contribution in [0.15, 0.2) is 22.0 Å². The van der Waals surface area contributed by atoms with E-state index in [2.05, 4.69) is 21.2 Å². The number of hydrogen-bond acceptors (Lipinski definition) is 4. The van der Waals surface area contributed by atoms with Crippen LogP contribution in [-0.4, -0.2) is 34.2 Å². The zero-order valence-electron chi connectivity index (χ0n) is 9.51. The van der Waals surface area contributed by atoms with Crippen molar-refractivity contribution in [1.29, 1.82) is 0 Å². The molecule has 0 aliphatic rings. The molecule has 18 heavy (non-hydrogen) atoms. The highest BCUT2D eigenvalue weighted by molar-refractivity contribution is 9.11. The molecular weight excluding hydrogens is 322 g/mol. The number of carbonyl (C=O) groups is 2. The molecule has 0 saturated carbocycles. The van der Waals surface area contributed by atoms with Gasteiger partial charge in [-0.25, -0.2) is 4.79 Å². The van der Waals surface area contributed by atoms with Crippen molar-refractivity contribution in [2.75, 3.05) is 6.54 Å². The summed E-state index contributed by atoms with van der Waals surface area (Å²) in [4.78, 5) is 22.9. The molecule has 1 aromatic rings. The quantitative estimate of drug-likeness (QED) is 0.712. The van der Waals surface area contributed by atoms with Crippen LogP contribution in [-0.2, 0) is 9.59 Å². The third-order valence-corrected chi connectivity index (χ3v) is 3.65. The Morgan fingerprint density at radius 3 is 2.72 bits per heavy atom. The van der Waals surface area contributed by atoms with Crippen molar-refractivity contribution >= 4 is 45.2 Å². The van der Waals surface area contributed by atoms with Crippen LogP contribution >= 0.6 is 27.3 Å². The Kier molecular flexibility index (Phi) is 5.06. The van der Waals surface area contributed by atoms with Crippen molar-refractivity contribution in [3.8, 4) is 0 Å². The number of carboxylic acid groups (broad SMARTS) is 1. The van der Waals surface area contributed by atoms with Crippen molar-refractivity contribution in [3.63, 3.8) is 0 Å². The predicted octanol–water partition coefficient (Wildman–Crippen LogP) is 1.48. The lowest BCUT2D eigenvalue weighted by molar-refractivity contribution is -0.156. The van der Waals surface area contributed by atoms with Gasteiger partial charge in [-0.2, -0.15) is 0 Å². The lowest BCUT2D eigenvalue weighted by Gasteiger charge is -2.17. The highest BCUT2D eigenvalue weighted by atomic mass is 79.9. The van der Waals surface area contributed by atoms with Crippen LogP contribution in [0.25, 0.3) is 6.08 Å². The SMILES string of the molecule is CC(O)(CNC(=O)C=Cc1ccc(Br)s1)C(=O)O. The molecule has 1 heterocycles. The van der Waals surface area contributed by atoms with E-state index in [0.29, 0.717) is 0 Å². The van der Waals surface area contributed by atoms with Gasteiger partial charge in [-0.1, -0.05) is 0 Å². The van der Waals surface area contributed by atoms with Gasteiger partial charge in [0.25, 0.3) is 0 Å². The molecule has 0 aliphatic carbocycles. The summed E-state index contributed by atoms with van der Waals surface area (Å²) < 4.78 is 0.955. The molecule has 1 atom stereocenters. The molecule has 0 aliphatic heterocycles. The molecule has 98 valence electrons. The van der Waals surface area contributed by atoms with Gasteiger partial charge in [0, 0.05) is 11.0 Å². The van der Waals surface area contributed by atoms with E-state index in [4.69, 9.17) is 5.11 Å². The number of amides is 1. The van der Waals surface area contributed by atoms with E-state index >= 15 is 0 Å². The third kappa shape index (κ3) is 4.59. The molecule has 3 N–H and O–H groups in total. The number of rotatable bonds is 5. The lowest BCUT2D eigenvalue weighted by atomic mass is 10.1. The Morgan fingerprint density at radius 1 is 1.56 bits per heavy atom. The summed E-state index contributed by atoms with van der Waals surface area (Å²) in [5.74, 6) is -1.84. The van der Waals surface area contributed by atoms with E-state index in [1.165, 1.54) is 17.4 Å². The average molecular weight is 334 g/mol. The maximum absolute atomic E-state index is 11.4. The minimum absolute atomic E-state index is 0.348. The first-order valence-electron chi connectivity index (χ1n) is 4.98. The van der Waals surface area contributed by atoms with Crippen LogP contribution in [0.5, 0.6) is 0 Å². The second kappa shape index (κ2) is 6.12. The molecule has 1 aromatic heterocycles. The maximum atomic E-state index is 11.4. The van der Waals surface area contributed by atoms with Crippen molar-refractivity contribution in [1.82, 2.24) is 5.32 Å². The van der Waals surface area contributed by atoms with E-state index in [-0.39, 0.29) is 6.54 Å². The molecule has 1 rings (SSSR count). The summed E-state index contributed by atoms with van der Waals surface area (Å²) in [6.45, 7) is 0.773. The van der Waals surface area contributed by atoms with E-state index in [9.17, 15) is 14.7 Å². The van der Waals surface area contributed by atoms with Gasteiger partial charge in [0.15, 0.2) is 5.60 Å². The molecule has 0 fully saturated rings. The number of aliphatic carboxylic acids is 1. The molecule has 1 amide bonds. The number of nitrogens with one attached hydrogen (secondary N) is 1. The Bertz CT molecular complexity index is 481. The number of carbonyl (C=O) groups excluding carboxylic acids is 1. The van der Waals surface area contributed by atoms with Crippen molar-refractivity contribution in [3.05, 3.63) is 26.9 Å². The summed E-state index contributed by atoms with van der Waals surface area (Å²) in [5, 5.41) is 20.3. The predicted molar refractivity (Wildman–Crippen MR) is 72.3 cm³/mol. The fraction of sp³-hybridized carbons (Fsp3) is 0.273. The molecule has 0 radical (unpaired) electrons. The summed E-state index contributed by atoms with van der Waals surface area (Å²) in [6, 6.07) is 3.70. The second-order valence-corrected chi connectivity index (χ2v) is 6.27. The van der Waals surface area contributed by atoms with Gasteiger partial charge in [-0.15, -0.1) is 11.3 Å². The molecule has 1 unspecified atom stereocenters. The van der Waals surface area contributed by atoms with Crippen molar-refractivity contribution in [2.45, 2.75) is 12.5 Å². The van der Waals surface area contributed by atoms with E-state index in [1.54, 1.807) is 6.08 Å². The van der Waals surface area contributed by atoms with Crippen LogP contribution in [0.1, 0.15) is 11.8 Å². The van der Waals surface area contributed by atoms with Gasteiger partial charge in [-0.3, -0.25) is 4.79 Å². The fourth-order valence-corrected chi connectivity index (χ4v) is 2.30. The first-order chi connectivity index (χ1) is 8.31. The first-order valence-corrected chi connectivity index (χ1v) is 6.59. The maximum Gasteiger partial charge on any atom is 0.337 e. The van der Waals surface area contributed by atoms with E-state index in [1.807, 2.05) is 12.1 Å². The monoisotopic (exact) mass is 333 g/mol. The number of halogens is 1. The minimum Gasteiger partial charge on any atom is -0.479 e. The van der Waals surface area contributed by atoms with Gasteiger partial charge < -0.3 is 15.5 Å². The number of hydrogen-bond donors (Lipinski definition) is 3. The third-order valence-electron chi connectivity index (χ3n) is 2.06. The largest absolute Gasteiger partial charge is 0.479 e. The normalized spacial score (nSPS) is 14.4. The zero-order valence-corrected chi connectivity index (χ0v) is 11.9. The summed E-state index contributed by atoms with van der Waals surface area (Å²) in [5.41, 5.74) is -1.96. The fourth-order valence-electron chi connectivity index (χ4n) is 0.969. The molecular formula is C11H12BrNO4S. The highest BCUT2D eigenvalue weighted by Gasteiger charge is 2.29. The summed E-state index contributed by atoms with van der Waals surface area (Å²) in [7, 11) is 0. The van der Waals surface area contributed by atoms with Gasteiger partial charge in [-0.05, 0) is 41.1 Å². The Morgan fingerprint density at radius 2 is 2.22 bits per heavy atom. The second-order valence-electron chi connectivity index (χ2n) is 3.77. The number of carboxylic acids is 1. The average Bonchev–Trinajstić information content (AvgIpc) is 2.69. The summed E-state index contributed by atoms with van der Waals surface area (Å²) in [6.07, 6.45) is 2.90. The van der Waals surface area contributed by atoms with Gasteiger partial charge in [0.1, 0.15) is 0 Å². The zero-order chi connectivity index (χ0) is 13.8.